The maximum absolute atomic E-state index is 13.3. The van der Waals surface area contributed by atoms with E-state index < -0.39 is 10.8 Å². The molecule has 2 aromatic rings. The number of ether oxygens (including phenoxy) is 5. The number of hydrogen-bond donors (Lipinski definition) is 0. The molecule has 1 fully saturated rings. The average molecular weight is 490 g/mol. The van der Waals surface area contributed by atoms with Gasteiger partial charge in [0.25, 0.3) is 11.6 Å². The van der Waals surface area contributed by atoms with Crippen LogP contribution in [0.5, 0.6) is 28.7 Å². The molecule has 0 atom stereocenters. The zero-order valence-corrected chi connectivity index (χ0v) is 20.7. The summed E-state index contributed by atoms with van der Waals surface area (Å²) < 4.78 is 27.1. The Hall–Kier alpha value is -3.73. The van der Waals surface area contributed by atoms with Gasteiger partial charge in [-0.05, 0) is 13.0 Å². The van der Waals surface area contributed by atoms with Crippen LogP contribution < -0.4 is 23.7 Å². The van der Waals surface area contributed by atoms with Crippen molar-refractivity contribution in [3.63, 3.8) is 0 Å². The number of nitrogens with zero attached hydrogens (tertiary/aromatic N) is 3. The topological polar surface area (TPSA) is 113 Å². The number of carbonyl (C=O) groups excluding carboxylic acids is 1. The van der Waals surface area contributed by atoms with Gasteiger partial charge in [0.15, 0.2) is 23.0 Å². The van der Waals surface area contributed by atoms with Crippen LogP contribution in [0.3, 0.4) is 0 Å². The molecule has 0 N–H and O–H groups in total. The van der Waals surface area contributed by atoms with E-state index in [0.29, 0.717) is 62.3 Å². The Morgan fingerprint density at radius 1 is 0.914 bits per heavy atom. The van der Waals surface area contributed by atoms with E-state index in [-0.39, 0.29) is 17.0 Å². The fourth-order valence-electron chi connectivity index (χ4n) is 4.11. The Morgan fingerprint density at radius 2 is 1.57 bits per heavy atom. The highest BCUT2D eigenvalue weighted by Gasteiger charge is 2.30. The van der Waals surface area contributed by atoms with Gasteiger partial charge >= 0.3 is 0 Å². The van der Waals surface area contributed by atoms with E-state index in [9.17, 15) is 14.9 Å². The Morgan fingerprint density at radius 3 is 2.11 bits per heavy atom. The normalized spacial score (nSPS) is 13.8. The summed E-state index contributed by atoms with van der Waals surface area (Å²) in [6.07, 6.45) is 0. The molecule has 0 bridgehead atoms. The van der Waals surface area contributed by atoms with E-state index >= 15 is 0 Å². The van der Waals surface area contributed by atoms with Crippen molar-refractivity contribution < 1.29 is 33.4 Å². The third kappa shape index (κ3) is 5.51. The van der Waals surface area contributed by atoms with Gasteiger partial charge in [0.2, 0.25) is 5.75 Å². The molecule has 0 saturated carbocycles. The van der Waals surface area contributed by atoms with Crippen molar-refractivity contribution in [3.05, 3.63) is 45.5 Å². The zero-order chi connectivity index (χ0) is 25.5. The maximum atomic E-state index is 13.3. The van der Waals surface area contributed by atoms with Gasteiger partial charge in [-0.1, -0.05) is 6.07 Å². The molecule has 1 amide bonds. The molecule has 0 aliphatic carbocycles. The van der Waals surface area contributed by atoms with E-state index in [1.54, 1.807) is 33.2 Å². The molecular weight excluding hydrogens is 458 g/mol. The standard InChI is InChI=1S/C24H31N3O8/c1-6-35-21-13-17(18(27(29)30)14-20(21)32-3)24(28)26-11-9-25(10-12-26)15-16-7-8-19(31-2)23(34-5)22(16)33-4/h7-8,13-14H,6,9-12,15H2,1-5H3. The second-order valence-electron chi connectivity index (χ2n) is 7.77. The first-order chi connectivity index (χ1) is 16.9. The number of nitro benzene ring substituents is 1. The number of carbonyl (C=O) groups is 1. The SMILES string of the molecule is CCOc1cc(C(=O)N2CCN(Cc3ccc(OC)c(OC)c3OC)CC2)c([N+](=O)[O-])cc1OC. The molecule has 35 heavy (non-hydrogen) atoms. The molecule has 1 saturated heterocycles. The van der Waals surface area contributed by atoms with Gasteiger partial charge in [0, 0.05) is 44.4 Å². The van der Waals surface area contributed by atoms with Crippen LogP contribution in [-0.2, 0) is 6.54 Å². The summed E-state index contributed by atoms with van der Waals surface area (Å²) in [6, 6.07) is 6.38. The molecule has 11 nitrogen and oxygen atoms in total. The lowest BCUT2D eigenvalue weighted by Crippen LogP contribution is -2.48. The quantitative estimate of drug-likeness (QED) is 0.367. The summed E-state index contributed by atoms with van der Waals surface area (Å²) in [5, 5.41) is 11.7. The minimum absolute atomic E-state index is 0.0192. The summed E-state index contributed by atoms with van der Waals surface area (Å²) in [5.41, 5.74) is 0.596. The molecule has 3 rings (SSSR count). The minimum Gasteiger partial charge on any atom is -0.493 e. The molecule has 1 aliphatic rings. The first-order valence-corrected chi connectivity index (χ1v) is 11.2. The van der Waals surface area contributed by atoms with Gasteiger partial charge in [-0.3, -0.25) is 19.8 Å². The molecule has 1 heterocycles. The summed E-state index contributed by atoms with van der Waals surface area (Å²) in [7, 11) is 6.10. The zero-order valence-electron chi connectivity index (χ0n) is 20.7. The van der Waals surface area contributed by atoms with Crippen molar-refractivity contribution in [2.75, 3.05) is 61.2 Å². The van der Waals surface area contributed by atoms with Gasteiger partial charge < -0.3 is 28.6 Å². The fraction of sp³-hybridized carbons (Fsp3) is 0.458. The number of rotatable bonds is 10. The third-order valence-electron chi connectivity index (χ3n) is 5.85. The van der Waals surface area contributed by atoms with Crippen molar-refractivity contribution in [3.8, 4) is 28.7 Å². The van der Waals surface area contributed by atoms with Crippen LogP contribution in [0.15, 0.2) is 24.3 Å². The highest BCUT2D eigenvalue weighted by molar-refractivity contribution is 5.99. The number of methoxy groups -OCH3 is 4. The van der Waals surface area contributed by atoms with Gasteiger partial charge in [0.1, 0.15) is 5.56 Å². The number of amides is 1. The van der Waals surface area contributed by atoms with Crippen molar-refractivity contribution >= 4 is 11.6 Å². The highest BCUT2D eigenvalue weighted by atomic mass is 16.6. The molecule has 0 aromatic heterocycles. The Labute approximate surface area is 204 Å². The molecule has 0 radical (unpaired) electrons. The summed E-state index contributed by atoms with van der Waals surface area (Å²) >= 11 is 0. The van der Waals surface area contributed by atoms with Gasteiger partial charge in [-0.15, -0.1) is 0 Å². The predicted molar refractivity (Wildman–Crippen MR) is 128 cm³/mol. The summed E-state index contributed by atoms with van der Waals surface area (Å²) in [4.78, 5) is 28.1. The Kier molecular flexibility index (Phi) is 8.58. The molecule has 11 heteroatoms. The molecule has 0 unspecified atom stereocenters. The lowest BCUT2D eigenvalue weighted by molar-refractivity contribution is -0.385. The first-order valence-electron chi connectivity index (χ1n) is 11.2. The van der Waals surface area contributed by atoms with Crippen molar-refractivity contribution in [1.82, 2.24) is 9.80 Å². The van der Waals surface area contributed by atoms with Crippen LogP contribution in [0.4, 0.5) is 5.69 Å². The van der Waals surface area contributed by atoms with Crippen LogP contribution in [0, 0.1) is 10.1 Å². The molecule has 2 aromatic carbocycles. The van der Waals surface area contributed by atoms with Crippen LogP contribution in [0.2, 0.25) is 0 Å². The summed E-state index contributed by atoms with van der Waals surface area (Å²) in [6.45, 7) is 4.72. The minimum atomic E-state index is -0.578. The van der Waals surface area contributed by atoms with Crippen molar-refractivity contribution in [1.29, 1.82) is 0 Å². The van der Waals surface area contributed by atoms with E-state index in [4.69, 9.17) is 23.7 Å². The highest BCUT2D eigenvalue weighted by Crippen LogP contribution is 2.40. The second kappa shape index (κ2) is 11.6. The van der Waals surface area contributed by atoms with Crippen molar-refractivity contribution in [2.45, 2.75) is 13.5 Å². The Balaban J connectivity index is 1.76. The summed E-state index contributed by atoms with van der Waals surface area (Å²) in [5.74, 6) is 1.80. The largest absolute Gasteiger partial charge is 0.493 e. The molecule has 0 spiro atoms. The lowest BCUT2D eigenvalue weighted by Gasteiger charge is -2.35. The second-order valence-corrected chi connectivity index (χ2v) is 7.77. The number of benzene rings is 2. The Bertz CT molecular complexity index is 1070. The van der Waals surface area contributed by atoms with E-state index in [0.717, 1.165) is 5.56 Å². The number of piperazine rings is 1. The van der Waals surface area contributed by atoms with E-state index in [2.05, 4.69) is 4.90 Å². The van der Waals surface area contributed by atoms with E-state index in [1.165, 1.54) is 19.2 Å². The molecular formula is C24H31N3O8. The smallest absolute Gasteiger partial charge is 0.286 e. The van der Waals surface area contributed by atoms with Crippen LogP contribution in [-0.4, -0.2) is 81.9 Å². The molecule has 190 valence electrons. The maximum Gasteiger partial charge on any atom is 0.286 e. The number of hydrogen-bond acceptors (Lipinski definition) is 9. The lowest BCUT2D eigenvalue weighted by atomic mass is 10.1. The third-order valence-corrected chi connectivity index (χ3v) is 5.85. The van der Waals surface area contributed by atoms with Gasteiger partial charge in [-0.25, -0.2) is 0 Å². The van der Waals surface area contributed by atoms with Gasteiger partial charge in [-0.2, -0.15) is 0 Å². The number of nitro groups is 1. The average Bonchev–Trinajstić information content (AvgIpc) is 2.88. The van der Waals surface area contributed by atoms with Crippen LogP contribution in [0.1, 0.15) is 22.8 Å². The molecule has 1 aliphatic heterocycles. The monoisotopic (exact) mass is 489 g/mol. The van der Waals surface area contributed by atoms with Crippen LogP contribution >= 0.6 is 0 Å². The van der Waals surface area contributed by atoms with Crippen LogP contribution in [0.25, 0.3) is 0 Å². The van der Waals surface area contributed by atoms with Crippen molar-refractivity contribution in [2.24, 2.45) is 0 Å². The first kappa shape index (κ1) is 25.9. The van der Waals surface area contributed by atoms with E-state index in [1.807, 2.05) is 12.1 Å². The predicted octanol–water partition coefficient (Wildman–Crippen LogP) is 2.99. The van der Waals surface area contributed by atoms with Gasteiger partial charge in [0.05, 0.1) is 46.0 Å². The fourth-order valence-corrected chi connectivity index (χ4v) is 4.11.